The Morgan fingerprint density at radius 3 is 2.75 bits per heavy atom. The van der Waals surface area contributed by atoms with Gasteiger partial charge in [-0.1, -0.05) is 23.7 Å². The first-order valence-electron chi connectivity index (χ1n) is 16.7. The molecule has 2 aromatic carbocycles. The maximum atomic E-state index is 13.6. The lowest BCUT2D eigenvalue weighted by Crippen LogP contribution is -2.43. The molecule has 0 bridgehead atoms. The molecule has 0 amide bonds. The van der Waals surface area contributed by atoms with Gasteiger partial charge in [0.05, 0.1) is 35.9 Å². The summed E-state index contributed by atoms with van der Waals surface area (Å²) in [6, 6.07) is 11.4. The number of anilines is 2. The average Bonchev–Trinajstić information content (AvgIpc) is 3.71. The quantitative estimate of drug-likeness (QED) is 0.0822. The fraction of sp³-hybridized carbons (Fsp3) is 0.371. The van der Waals surface area contributed by atoms with E-state index in [1.807, 2.05) is 0 Å². The second-order valence-electron chi connectivity index (χ2n) is 12.4. The molecule has 2 aliphatic rings. The number of carbonyl (C=O) groups is 1. The summed E-state index contributed by atoms with van der Waals surface area (Å²) >= 11 is 8.02. The van der Waals surface area contributed by atoms with Gasteiger partial charge in [-0.2, -0.15) is 18.3 Å². The predicted molar refractivity (Wildman–Crippen MR) is 188 cm³/mol. The molecule has 0 radical (unpaired) electrons. The zero-order chi connectivity index (χ0) is 36.2. The van der Waals surface area contributed by atoms with Crippen LogP contribution in [0.2, 0.25) is 5.02 Å². The number of aromatic nitrogens is 4. The molecule has 1 fully saturated rings. The summed E-state index contributed by atoms with van der Waals surface area (Å²) in [7, 11) is 0. The van der Waals surface area contributed by atoms with Crippen LogP contribution in [0.3, 0.4) is 0 Å². The van der Waals surface area contributed by atoms with E-state index in [0.717, 1.165) is 45.0 Å². The van der Waals surface area contributed by atoms with Crippen molar-refractivity contribution in [1.29, 1.82) is 0 Å². The highest BCUT2D eigenvalue weighted by molar-refractivity contribution is 7.22. The number of alkyl halides is 3. The number of benzene rings is 2. The Hall–Kier alpha value is -4.35. The van der Waals surface area contributed by atoms with Gasteiger partial charge in [0.15, 0.2) is 0 Å². The van der Waals surface area contributed by atoms with Gasteiger partial charge in [0.25, 0.3) is 0 Å². The van der Waals surface area contributed by atoms with Crippen molar-refractivity contribution in [3.05, 3.63) is 82.6 Å². The van der Waals surface area contributed by atoms with Crippen LogP contribution < -0.4 is 15.4 Å². The molecule has 4 heterocycles. The van der Waals surface area contributed by atoms with E-state index >= 15 is 0 Å². The molecule has 1 aliphatic heterocycles. The lowest BCUT2D eigenvalue weighted by atomic mass is 9.95. The molecular weight excluding hydrogens is 726 g/mol. The van der Waals surface area contributed by atoms with E-state index in [9.17, 15) is 22.4 Å². The zero-order valence-electron chi connectivity index (χ0n) is 27.7. The Kier molecular flexibility index (Phi) is 10.9. The van der Waals surface area contributed by atoms with Crippen LogP contribution in [0.25, 0.3) is 20.7 Å². The van der Waals surface area contributed by atoms with E-state index in [1.54, 1.807) is 41.2 Å². The molecule has 5 aromatic rings. The van der Waals surface area contributed by atoms with Crippen molar-refractivity contribution in [2.24, 2.45) is 0 Å². The SMILES string of the molecule is O=C(O[C@H](CNCCN1CCOCC1)Cn1cc2c(n1)CCc1c-2sc2ncnc(Nc3ccc(OCc4cccc(F)c4)c(Cl)c3)c12)C(F)(F)F. The van der Waals surface area contributed by atoms with Crippen molar-refractivity contribution >= 4 is 50.6 Å². The number of nitrogens with one attached hydrogen (secondary N) is 2. The Morgan fingerprint density at radius 2 is 1.96 bits per heavy atom. The number of aryl methyl sites for hydroxylation is 2. The number of nitrogens with zero attached hydrogens (tertiary/aromatic N) is 5. The van der Waals surface area contributed by atoms with Gasteiger partial charge in [-0.25, -0.2) is 19.2 Å². The Morgan fingerprint density at radius 1 is 1.12 bits per heavy atom. The number of rotatable bonds is 13. The third kappa shape index (κ3) is 8.47. The molecule has 52 heavy (non-hydrogen) atoms. The van der Waals surface area contributed by atoms with Gasteiger partial charge in [0.1, 0.15) is 41.3 Å². The zero-order valence-corrected chi connectivity index (χ0v) is 29.3. The van der Waals surface area contributed by atoms with E-state index in [-0.39, 0.29) is 25.5 Å². The molecule has 0 unspecified atom stereocenters. The van der Waals surface area contributed by atoms with Crippen LogP contribution in [0.1, 0.15) is 16.8 Å². The highest BCUT2D eigenvalue weighted by Gasteiger charge is 2.42. The fourth-order valence-corrected chi connectivity index (χ4v) is 7.69. The van der Waals surface area contributed by atoms with Crippen molar-refractivity contribution < 1.29 is 36.6 Å². The molecule has 11 nitrogen and oxygen atoms in total. The first kappa shape index (κ1) is 36.0. The number of ether oxygens (including phenoxy) is 3. The molecule has 17 heteroatoms. The highest BCUT2D eigenvalue weighted by Crippen LogP contribution is 2.45. The van der Waals surface area contributed by atoms with Crippen LogP contribution in [0, 0.1) is 5.82 Å². The molecule has 274 valence electrons. The van der Waals surface area contributed by atoms with Gasteiger partial charge >= 0.3 is 12.1 Å². The number of hydrogen-bond donors (Lipinski definition) is 2. The summed E-state index contributed by atoms with van der Waals surface area (Å²) < 4.78 is 70.7. The lowest BCUT2D eigenvalue weighted by Gasteiger charge is -2.27. The van der Waals surface area contributed by atoms with Crippen molar-refractivity contribution in [1.82, 2.24) is 30.0 Å². The van der Waals surface area contributed by atoms with Crippen molar-refractivity contribution in [3.8, 4) is 16.2 Å². The van der Waals surface area contributed by atoms with Crippen LogP contribution in [0.4, 0.5) is 29.1 Å². The second kappa shape index (κ2) is 15.7. The van der Waals surface area contributed by atoms with E-state index in [0.29, 0.717) is 67.0 Å². The second-order valence-corrected chi connectivity index (χ2v) is 13.8. The van der Waals surface area contributed by atoms with Gasteiger partial charge in [0.2, 0.25) is 0 Å². The molecule has 2 N–H and O–H groups in total. The Balaban J connectivity index is 1.06. The number of morpholine rings is 1. The van der Waals surface area contributed by atoms with Crippen LogP contribution >= 0.6 is 22.9 Å². The highest BCUT2D eigenvalue weighted by atomic mass is 35.5. The normalized spacial score (nSPS) is 15.2. The van der Waals surface area contributed by atoms with Crippen LogP contribution in [-0.2, 0) is 40.3 Å². The van der Waals surface area contributed by atoms with Crippen molar-refractivity contribution in [2.45, 2.75) is 38.3 Å². The topological polar surface area (TPSA) is 116 Å². The largest absolute Gasteiger partial charge is 0.490 e. The standard InChI is InChI=1S/C35H34ClF4N7O4S/c36-27-15-23(4-7-29(27)50-19-21-2-1-3-22(37)14-21)44-32-30-25-5-6-28-26(31(25)52-33(30)43-20-42-32)18-47(45-28)17-24(51-34(48)35(38,39)40)16-41-8-9-46-10-12-49-13-11-46/h1-4,7,14-15,18,20,24,41H,5-6,8-13,16-17,19H2,(H,42,43,44)/t24-/m1/s1. The van der Waals surface area contributed by atoms with Crippen LogP contribution in [0.15, 0.2) is 55.0 Å². The summed E-state index contributed by atoms with van der Waals surface area (Å²) in [5.74, 6) is -1.55. The van der Waals surface area contributed by atoms with Crippen molar-refractivity contribution in [2.75, 3.05) is 51.3 Å². The number of halogens is 5. The maximum absolute atomic E-state index is 13.6. The summed E-state index contributed by atoms with van der Waals surface area (Å²) in [6.07, 6.45) is -1.73. The molecule has 1 aliphatic carbocycles. The van der Waals surface area contributed by atoms with Crippen molar-refractivity contribution in [3.63, 3.8) is 0 Å². The summed E-state index contributed by atoms with van der Waals surface area (Å²) in [4.78, 5) is 24.8. The molecule has 1 atom stereocenters. The number of esters is 1. The van der Waals surface area contributed by atoms with Gasteiger partial charge in [0, 0.05) is 55.0 Å². The Labute approximate surface area is 304 Å². The van der Waals surface area contributed by atoms with Gasteiger partial charge in [-0.15, -0.1) is 11.3 Å². The van der Waals surface area contributed by atoms with E-state index in [4.69, 9.17) is 25.8 Å². The number of hydrogen-bond acceptors (Lipinski definition) is 11. The monoisotopic (exact) mass is 759 g/mol. The minimum atomic E-state index is -5.11. The molecule has 7 rings (SSSR count). The van der Waals surface area contributed by atoms with Crippen LogP contribution in [-0.4, -0.2) is 88.8 Å². The number of fused-ring (bicyclic) bond motifs is 5. The molecule has 0 spiro atoms. The predicted octanol–water partition coefficient (Wildman–Crippen LogP) is 6.16. The fourth-order valence-electron chi connectivity index (χ4n) is 6.23. The van der Waals surface area contributed by atoms with Crippen LogP contribution in [0.5, 0.6) is 5.75 Å². The van der Waals surface area contributed by atoms with Gasteiger partial charge in [-0.3, -0.25) is 9.58 Å². The molecule has 0 saturated carbocycles. The lowest BCUT2D eigenvalue weighted by molar-refractivity contribution is -0.205. The minimum Gasteiger partial charge on any atom is -0.487 e. The van der Waals surface area contributed by atoms with E-state index in [1.165, 1.54) is 29.8 Å². The third-order valence-corrected chi connectivity index (χ3v) is 10.2. The Bertz CT molecular complexity index is 2050. The first-order chi connectivity index (χ1) is 25.1. The molecule has 3 aromatic heterocycles. The smallest absolute Gasteiger partial charge is 0.487 e. The maximum Gasteiger partial charge on any atom is 0.490 e. The molecule has 1 saturated heterocycles. The summed E-state index contributed by atoms with van der Waals surface area (Å²) in [6.45, 7) is 4.18. The van der Waals surface area contributed by atoms with E-state index in [2.05, 4.69) is 30.6 Å². The first-order valence-corrected chi connectivity index (χ1v) is 17.9. The summed E-state index contributed by atoms with van der Waals surface area (Å²) in [5, 5.41) is 12.4. The van der Waals surface area contributed by atoms with E-state index < -0.39 is 18.2 Å². The third-order valence-electron chi connectivity index (χ3n) is 8.74. The minimum absolute atomic E-state index is 0.0274. The van der Waals surface area contributed by atoms with Gasteiger partial charge < -0.3 is 24.8 Å². The number of thiophene rings is 1. The number of carbonyl (C=O) groups excluding carboxylic acids is 1. The summed E-state index contributed by atoms with van der Waals surface area (Å²) in [5.41, 5.74) is 4.02. The molecular formula is C35H34ClF4N7O4S. The average molecular weight is 760 g/mol. The van der Waals surface area contributed by atoms with Gasteiger partial charge in [-0.05, 0) is 54.3 Å².